The fraction of sp³-hybridized carbons (Fsp3) is 0.467. The van der Waals surface area contributed by atoms with E-state index in [4.69, 9.17) is 9.84 Å². The minimum absolute atomic E-state index is 0.0547. The summed E-state index contributed by atoms with van der Waals surface area (Å²) in [5, 5.41) is 23.1. The molecule has 1 atom stereocenters. The van der Waals surface area contributed by atoms with Gasteiger partial charge in [0.1, 0.15) is 5.75 Å². The average Bonchev–Trinajstić information content (AvgIpc) is 2.39. The van der Waals surface area contributed by atoms with Gasteiger partial charge in [-0.15, -0.1) is 0 Å². The summed E-state index contributed by atoms with van der Waals surface area (Å²) in [5.74, 6) is -0.673. The van der Waals surface area contributed by atoms with Gasteiger partial charge in [-0.1, -0.05) is 0 Å². The summed E-state index contributed by atoms with van der Waals surface area (Å²) in [5.41, 5.74) is -0.604. The molecule has 1 aromatic carbocycles. The molecule has 122 valence electrons. The van der Waals surface area contributed by atoms with Crippen LogP contribution in [0.3, 0.4) is 0 Å². The van der Waals surface area contributed by atoms with Crippen LogP contribution in [-0.2, 0) is 4.79 Å². The number of urea groups is 1. The van der Waals surface area contributed by atoms with Crippen molar-refractivity contribution in [1.29, 1.82) is 0 Å². The second-order valence-corrected chi connectivity index (χ2v) is 5.53. The number of ether oxygens (including phenoxy) is 1. The van der Waals surface area contributed by atoms with Gasteiger partial charge in [0.25, 0.3) is 0 Å². The van der Waals surface area contributed by atoms with Crippen molar-refractivity contribution in [1.82, 2.24) is 5.32 Å². The quantitative estimate of drug-likeness (QED) is 0.640. The number of carbonyl (C=O) groups is 2. The fourth-order valence-corrected chi connectivity index (χ4v) is 1.62. The van der Waals surface area contributed by atoms with Crippen molar-refractivity contribution in [2.75, 3.05) is 11.9 Å². The summed E-state index contributed by atoms with van der Waals surface area (Å²) in [6.45, 7) is 6.41. The summed E-state index contributed by atoms with van der Waals surface area (Å²) >= 11 is 0. The Morgan fingerprint density at radius 3 is 2.50 bits per heavy atom. The molecule has 7 nitrogen and oxygen atoms in total. The molecule has 22 heavy (non-hydrogen) atoms. The predicted molar refractivity (Wildman–Crippen MR) is 82.2 cm³/mol. The molecule has 0 spiro atoms. The zero-order valence-electron chi connectivity index (χ0n) is 13.1. The van der Waals surface area contributed by atoms with Gasteiger partial charge in [-0.3, -0.25) is 0 Å². The molecule has 0 saturated heterocycles. The Hall–Kier alpha value is -2.28. The SMILES string of the molecule is Cc1cc(NC(=O)NCC(C)(O)C(=O)O)ccc1OC(C)C. The third-order valence-corrected chi connectivity index (χ3v) is 2.85. The Bertz CT molecular complexity index is 555. The maximum atomic E-state index is 11.7. The van der Waals surface area contributed by atoms with Crippen LogP contribution in [0.1, 0.15) is 26.3 Å². The standard InChI is InChI=1S/C15H22N2O5/c1-9(2)22-12-6-5-11(7-10(12)3)17-14(20)16-8-15(4,21)13(18)19/h5-7,9,21H,8H2,1-4H3,(H,18,19)(H2,16,17,20). The van der Waals surface area contributed by atoms with E-state index in [1.807, 2.05) is 20.8 Å². The lowest BCUT2D eigenvalue weighted by Gasteiger charge is -2.18. The molecule has 0 saturated carbocycles. The second-order valence-electron chi connectivity index (χ2n) is 5.53. The van der Waals surface area contributed by atoms with Crippen LogP contribution in [-0.4, -0.2) is 40.5 Å². The maximum Gasteiger partial charge on any atom is 0.337 e. The van der Waals surface area contributed by atoms with E-state index >= 15 is 0 Å². The number of carboxylic acids is 1. The van der Waals surface area contributed by atoms with E-state index in [1.54, 1.807) is 18.2 Å². The summed E-state index contributed by atoms with van der Waals surface area (Å²) in [7, 11) is 0. The predicted octanol–water partition coefficient (Wildman–Crippen LogP) is 1.74. The van der Waals surface area contributed by atoms with Crippen molar-refractivity contribution in [2.24, 2.45) is 0 Å². The molecule has 0 bridgehead atoms. The van der Waals surface area contributed by atoms with Crippen LogP contribution in [0.15, 0.2) is 18.2 Å². The highest BCUT2D eigenvalue weighted by atomic mass is 16.5. The third-order valence-electron chi connectivity index (χ3n) is 2.85. The molecule has 0 aromatic heterocycles. The molecule has 1 unspecified atom stereocenters. The Morgan fingerprint density at radius 1 is 1.36 bits per heavy atom. The molecule has 2 amide bonds. The molecule has 1 rings (SSSR count). The minimum atomic E-state index is -2.01. The van der Waals surface area contributed by atoms with Crippen LogP contribution in [0.4, 0.5) is 10.5 Å². The van der Waals surface area contributed by atoms with Gasteiger partial charge in [-0.25, -0.2) is 9.59 Å². The molecule has 7 heteroatoms. The van der Waals surface area contributed by atoms with Crippen molar-refractivity contribution in [3.8, 4) is 5.75 Å². The number of amides is 2. The molecular formula is C15H22N2O5. The van der Waals surface area contributed by atoms with Crippen LogP contribution in [0, 0.1) is 6.92 Å². The van der Waals surface area contributed by atoms with Crippen LogP contribution in [0.5, 0.6) is 5.75 Å². The van der Waals surface area contributed by atoms with Crippen LogP contribution in [0.25, 0.3) is 0 Å². The number of aliphatic hydroxyl groups is 1. The molecule has 0 fully saturated rings. The number of aryl methyl sites for hydroxylation is 1. The van der Waals surface area contributed by atoms with E-state index in [9.17, 15) is 14.7 Å². The maximum absolute atomic E-state index is 11.7. The zero-order chi connectivity index (χ0) is 16.9. The lowest BCUT2D eigenvalue weighted by atomic mass is 10.1. The van der Waals surface area contributed by atoms with Gasteiger partial charge in [0, 0.05) is 5.69 Å². The van der Waals surface area contributed by atoms with E-state index in [0.717, 1.165) is 18.2 Å². The van der Waals surface area contributed by atoms with Crippen molar-refractivity contribution >= 4 is 17.7 Å². The Morgan fingerprint density at radius 2 is 2.00 bits per heavy atom. The first-order valence-corrected chi connectivity index (χ1v) is 6.90. The Labute approximate surface area is 129 Å². The number of anilines is 1. The van der Waals surface area contributed by atoms with E-state index < -0.39 is 24.1 Å². The lowest BCUT2D eigenvalue weighted by molar-refractivity contribution is -0.155. The summed E-state index contributed by atoms with van der Waals surface area (Å²) < 4.78 is 5.60. The van der Waals surface area contributed by atoms with E-state index in [-0.39, 0.29) is 6.10 Å². The number of aliphatic carboxylic acids is 1. The highest BCUT2D eigenvalue weighted by Crippen LogP contribution is 2.22. The number of rotatable bonds is 6. The molecular weight excluding hydrogens is 288 g/mol. The number of hydrogen-bond donors (Lipinski definition) is 4. The van der Waals surface area contributed by atoms with Crippen molar-refractivity contribution in [2.45, 2.75) is 39.4 Å². The van der Waals surface area contributed by atoms with Crippen molar-refractivity contribution in [3.05, 3.63) is 23.8 Å². The molecule has 1 aromatic rings. The normalized spacial score (nSPS) is 13.4. The van der Waals surface area contributed by atoms with Crippen LogP contribution >= 0.6 is 0 Å². The van der Waals surface area contributed by atoms with Crippen molar-refractivity contribution < 1.29 is 24.5 Å². The lowest BCUT2D eigenvalue weighted by Crippen LogP contribution is -2.47. The molecule has 0 aliphatic rings. The molecule has 0 heterocycles. The number of carbonyl (C=O) groups excluding carboxylic acids is 1. The summed E-state index contributed by atoms with van der Waals surface area (Å²) in [4.78, 5) is 22.4. The van der Waals surface area contributed by atoms with Gasteiger partial charge in [-0.05, 0) is 51.5 Å². The highest BCUT2D eigenvalue weighted by molar-refractivity contribution is 5.90. The topological polar surface area (TPSA) is 108 Å². The largest absolute Gasteiger partial charge is 0.491 e. The molecule has 0 aliphatic carbocycles. The monoisotopic (exact) mass is 310 g/mol. The molecule has 0 radical (unpaired) electrons. The first kappa shape index (κ1) is 17.8. The molecule has 0 aliphatic heterocycles. The molecule has 4 N–H and O–H groups in total. The van der Waals surface area contributed by atoms with Gasteiger partial charge in [0.15, 0.2) is 5.60 Å². The minimum Gasteiger partial charge on any atom is -0.491 e. The Kier molecular flexibility index (Phi) is 5.76. The van der Waals surface area contributed by atoms with E-state index in [2.05, 4.69) is 10.6 Å². The van der Waals surface area contributed by atoms with Gasteiger partial charge in [0.2, 0.25) is 0 Å². The fourth-order valence-electron chi connectivity index (χ4n) is 1.62. The van der Waals surface area contributed by atoms with Gasteiger partial charge >= 0.3 is 12.0 Å². The number of nitrogens with one attached hydrogen (secondary N) is 2. The van der Waals surface area contributed by atoms with Crippen LogP contribution in [0.2, 0.25) is 0 Å². The van der Waals surface area contributed by atoms with Crippen molar-refractivity contribution in [3.63, 3.8) is 0 Å². The summed E-state index contributed by atoms with van der Waals surface area (Å²) in [6, 6.07) is 4.57. The first-order chi connectivity index (χ1) is 10.1. The van der Waals surface area contributed by atoms with Crippen LogP contribution < -0.4 is 15.4 Å². The van der Waals surface area contributed by atoms with Gasteiger partial charge < -0.3 is 25.6 Å². The zero-order valence-corrected chi connectivity index (χ0v) is 13.1. The number of carboxylic acid groups (broad SMARTS) is 1. The van der Waals surface area contributed by atoms with E-state index in [0.29, 0.717) is 5.69 Å². The average molecular weight is 310 g/mol. The summed E-state index contributed by atoms with van der Waals surface area (Å²) in [6.07, 6.45) is 0.0547. The smallest absolute Gasteiger partial charge is 0.337 e. The Balaban J connectivity index is 2.62. The van der Waals surface area contributed by atoms with E-state index in [1.165, 1.54) is 0 Å². The van der Waals surface area contributed by atoms with Gasteiger partial charge in [0.05, 0.1) is 12.6 Å². The highest BCUT2D eigenvalue weighted by Gasteiger charge is 2.30. The van der Waals surface area contributed by atoms with Gasteiger partial charge in [-0.2, -0.15) is 0 Å². The third kappa shape index (κ3) is 5.25. The number of benzene rings is 1. The number of hydrogen-bond acceptors (Lipinski definition) is 4. The first-order valence-electron chi connectivity index (χ1n) is 6.90. The second kappa shape index (κ2) is 7.13.